The van der Waals surface area contributed by atoms with Crippen molar-refractivity contribution in [2.45, 2.75) is 85.7 Å². The largest absolute Gasteiger partial charge is 0.490 e. The predicted molar refractivity (Wildman–Crippen MR) is 130 cm³/mol. The lowest BCUT2D eigenvalue weighted by molar-refractivity contribution is -0.0726. The zero-order valence-corrected chi connectivity index (χ0v) is 20.9. The van der Waals surface area contributed by atoms with E-state index in [0.29, 0.717) is 10.8 Å². The zero-order valence-electron chi connectivity index (χ0n) is 20.0. The summed E-state index contributed by atoms with van der Waals surface area (Å²) < 4.78 is 6.09. The molecule has 1 aromatic carbocycles. The molecule has 0 radical (unpaired) electrons. The number of rotatable bonds is 10. The number of carboxylic acids is 1. The monoisotopic (exact) mass is 446 g/mol. The number of hydrogen-bond acceptors (Lipinski definition) is 4. The number of aryl methyl sites for hydroxylation is 1. The van der Waals surface area contributed by atoms with Crippen LogP contribution in [-0.4, -0.2) is 28.4 Å². The summed E-state index contributed by atoms with van der Waals surface area (Å²) in [6.07, 6.45) is 3.79. The van der Waals surface area contributed by atoms with E-state index in [1.54, 1.807) is 0 Å². The van der Waals surface area contributed by atoms with Gasteiger partial charge in [0.2, 0.25) is 0 Å². The van der Waals surface area contributed by atoms with Crippen molar-refractivity contribution in [2.24, 2.45) is 5.41 Å². The van der Waals surface area contributed by atoms with Crippen molar-refractivity contribution in [3.63, 3.8) is 0 Å². The Kier molecular flexibility index (Phi) is 8.34. The molecule has 2 rings (SSSR count). The van der Waals surface area contributed by atoms with Crippen LogP contribution in [0.3, 0.4) is 0 Å². The van der Waals surface area contributed by atoms with E-state index in [-0.39, 0.29) is 12.0 Å². The molecule has 1 unspecified atom stereocenters. The lowest BCUT2D eigenvalue weighted by Crippen LogP contribution is -2.45. The van der Waals surface area contributed by atoms with Crippen molar-refractivity contribution in [3.05, 3.63) is 39.6 Å². The van der Waals surface area contributed by atoms with E-state index in [1.165, 1.54) is 11.3 Å². The highest BCUT2D eigenvalue weighted by Gasteiger charge is 2.36. The van der Waals surface area contributed by atoms with E-state index < -0.39 is 11.6 Å². The minimum Gasteiger partial charge on any atom is -0.490 e. The summed E-state index contributed by atoms with van der Waals surface area (Å²) in [5.74, 6) is 0.259. The lowest BCUT2D eigenvalue weighted by Gasteiger charge is -2.36. The molecule has 0 aliphatic heterocycles. The van der Waals surface area contributed by atoms with Crippen molar-refractivity contribution >= 4 is 17.3 Å². The predicted octanol–water partition coefficient (Wildman–Crippen LogP) is 7.15. The second kappa shape index (κ2) is 10.2. The summed E-state index contributed by atoms with van der Waals surface area (Å²) in [6.45, 7) is 14.5. The van der Waals surface area contributed by atoms with Gasteiger partial charge in [-0.25, -0.2) is 4.79 Å². The van der Waals surface area contributed by atoms with Gasteiger partial charge in [-0.05, 0) is 72.4 Å². The number of benzene rings is 1. The van der Waals surface area contributed by atoms with E-state index in [9.17, 15) is 15.0 Å². The summed E-state index contributed by atoms with van der Waals surface area (Å²) in [6, 6.07) is 7.93. The molecular weight excluding hydrogens is 408 g/mol. The number of carbonyl (C=O) groups is 1. The van der Waals surface area contributed by atoms with Gasteiger partial charge in [-0.1, -0.05) is 54.0 Å². The summed E-state index contributed by atoms with van der Waals surface area (Å²) in [5, 5.41) is 20.4. The van der Waals surface area contributed by atoms with Crippen LogP contribution in [0.1, 0.15) is 93.8 Å². The highest BCUT2D eigenvalue weighted by Crippen LogP contribution is 2.41. The minimum absolute atomic E-state index is 0.215. The molecule has 0 aliphatic carbocycles. The Hall–Kier alpha value is -1.85. The molecule has 0 saturated carbocycles. The van der Waals surface area contributed by atoms with Crippen LogP contribution >= 0.6 is 11.3 Å². The quantitative estimate of drug-likeness (QED) is 0.407. The van der Waals surface area contributed by atoms with Gasteiger partial charge in [0.25, 0.3) is 0 Å². The molecule has 0 amide bonds. The summed E-state index contributed by atoms with van der Waals surface area (Å²) >= 11 is 1.40. The first-order valence-electron chi connectivity index (χ1n) is 11.3. The number of aromatic carboxylic acids is 1. The molecule has 0 spiro atoms. The fourth-order valence-electron chi connectivity index (χ4n) is 3.49. The molecule has 31 heavy (non-hydrogen) atoms. The SMILES string of the molecule is CCCc1cc(-c2cc(C(=O)O)sc2C(CC)CC)ccc1OCC(C)(O)C(C)(C)C. The Morgan fingerprint density at radius 3 is 2.26 bits per heavy atom. The number of carboxylic acid groups (broad SMARTS) is 1. The van der Waals surface area contributed by atoms with Crippen LogP contribution in [0.15, 0.2) is 24.3 Å². The van der Waals surface area contributed by atoms with Crippen LogP contribution in [0.25, 0.3) is 11.1 Å². The molecule has 1 heterocycles. The molecule has 1 atom stereocenters. The molecular formula is C26H38O4S. The van der Waals surface area contributed by atoms with Crippen molar-refractivity contribution < 1.29 is 19.7 Å². The molecule has 0 saturated heterocycles. The molecule has 1 aromatic heterocycles. The van der Waals surface area contributed by atoms with Crippen LogP contribution < -0.4 is 4.74 Å². The van der Waals surface area contributed by atoms with E-state index in [4.69, 9.17) is 4.74 Å². The first-order chi connectivity index (χ1) is 14.4. The van der Waals surface area contributed by atoms with Gasteiger partial charge in [0.15, 0.2) is 0 Å². The number of aliphatic hydroxyl groups is 1. The Morgan fingerprint density at radius 2 is 1.74 bits per heavy atom. The smallest absolute Gasteiger partial charge is 0.345 e. The highest BCUT2D eigenvalue weighted by molar-refractivity contribution is 7.14. The number of ether oxygens (including phenoxy) is 1. The van der Waals surface area contributed by atoms with Gasteiger partial charge in [-0.2, -0.15) is 0 Å². The summed E-state index contributed by atoms with van der Waals surface area (Å²) in [5.41, 5.74) is 1.88. The topological polar surface area (TPSA) is 66.8 Å². The summed E-state index contributed by atoms with van der Waals surface area (Å²) in [4.78, 5) is 13.2. The van der Waals surface area contributed by atoms with Crippen LogP contribution in [0.5, 0.6) is 5.75 Å². The molecule has 4 nitrogen and oxygen atoms in total. The molecule has 2 N–H and O–H groups in total. The fraction of sp³-hybridized carbons (Fsp3) is 0.577. The molecule has 5 heteroatoms. The third-order valence-electron chi connectivity index (χ3n) is 6.34. The third-order valence-corrected chi connectivity index (χ3v) is 7.63. The van der Waals surface area contributed by atoms with Crippen molar-refractivity contribution in [1.82, 2.24) is 0 Å². The van der Waals surface area contributed by atoms with Gasteiger partial charge >= 0.3 is 5.97 Å². The van der Waals surface area contributed by atoms with Crippen LogP contribution in [0.4, 0.5) is 0 Å². The first-order valence-corrected chi connectivity index (χ1v) is 12.1. The standard InChI is InChI=1S/C26H38O4S/c1-8-11-19-14-18(12-13-21(19)30-16-26(7,29)25(4,5)6)20-15-22(24(27)28)31-23(20)17(9-2)10-3/h12-15,17,29H,8-11,16H2,1-7H3,(H,27,28). The zero-order chi connectivity index (χ0) is 23.4. The molecule has 0 aliphatic rings. The van der Waals surface area contributed by atoms with Gasteiger partial charge in [-0.15, -0.1) is 11.3 Å². The van der Waals surface area contributed by atoms with Gasteiger partial charge in [-0.3, -0.25) is 0 Å². The first kappa shape index (κ1) is 25.4. The van der Waals surface area contributed by atoms with Gasteiger partial charge in [0.1, 0.15) is 22.8 Å². The average Bonchev–Trinajstić information content (AvgIpc) is 3.13. The Labute approximate surface area is 191 Å². The maximum Gasteiger partial charge on any atom is 0.345 e. The Morgan fingerprint density at radius 1 is 1.10 bits per heavy atom. The van der Waals surface area contributed by atoms with Crippen molar-refractivity contribution in [1.29, 1.82) is 0 Å². The van der Waals surface area contributed by atoms with E-state index >= 15 is 0 Å². The average molecular weight is 447 g/mol. The molecule has 0 bridgehead atoms. The van der Waals surface area contributed by atoms with E-state index in [1.807, 2.05) is 45.9 Å². The van der Waals surface area contributed by atoms with Gasteiger partial charge in [0, 0.05) is 4.88 Å². The van der Waals surface area contributed by atoms with Crippen LogP contribution in [-0.2, 0) is 6.42 Å². The highest BCUT2D eigenvalue weighted by atomic mass is 32.1. The van der Waals surface area contributed by atoms with Gasteiger partial charge in [0.05, 0.1) is 0 Å². The molecule has 0 fully saturated rings. The lowest BCUT2D eigenvalue weighted by atomic mass is 9.78. The minimum atomic E-state index is -0.957. The molecule has 172 valence electrons. The Balaban J connectivity index is 2.46. The maximum atomic E-state index is 11.6. The summed E-state index contributed by atoms with van der Waals surface area (Å²) in [7, 11) is 0. The van der Waals surface area contributed by atoms with Gasteiger partial charge < -0.3 is 14.9 Å². The third kappa shape index (κ3) is 5.89. The number of thiophene rings is 1. The second-order valence-corrected chi connectivity index (χ2v) is 10.7. The van der Waals surface area contributed by atoms with Crippen molar-refractivity contribution in [2.75, 3.05) is 6.61 Å². The van der Waals surface area contributed by atoms with E-state index in [2.05, 4.69) is 26.8 Å². The van der Waals surface area contributed by atoms with E-state index in [0.717, 1.165) is 53.0 Å². The Bertz CT molecular complexity index is 885. The van der Waals surface area contributed by atoms with Crippen LogP contribution in [0, 0.1) is 5.41 Å². The second-order valence-electron chi connectivity index (χ2n) is 9.59. The van der Waals surface area contributed by atoms with Crippen LogP contribution in [0.2, 0.25) is 0 Å². The number of hydrogen-bond donors (Lipinski definition) is 2. The maximum absolute atomic E-state index is 11.6. The molecule has 2 aromatic rings. The van der Waals surface area contributed by atoms with Crippen molar-refractivity contribution in [3.8, 4) is 16.9 Å². The fourth-order valence-corrected chi connectivity index (χ4v) is 4.77. The normalized spacial score (nSPS) is 14.0.